The highest BCUT2D eigenvalue weighted by Gasteiger charge is 2.06. The number of hydrogen-bond acceptors (Lipinski definition) is 2. The molecule has 0 spiro atoms. The van der Waals surface area contributed by atoms with Gasteiger partial charge in [-0.3, -0.25) is 4.79 Å². The lowest BCUT2D eigenvalue weighted by Gasteiger charge is -2.10. The number of aryl methyl sites for hydroxylation is 2. The van der Waals surface area contributed by atoms with Gasteiger partial charge in [-0.15, -0.1) is 0 Å². The van der Waals surface area contributed by atoms with Gasteiger partial charge in [-0.25, -0.2) is 0 Å². The summed E-state index contributed by atoms with van der Waals surface area (Å²) in [5, 5.41) is 3.55. The van der Waals surface area contributed by atoms with Crippen LogP contribution in [0, 0.1) is 13.8 Å². The van der Waals surface area contributed by atoms with Crippen LogP contribution in [0.15, 0.2) is 12.1 Å². The predicted octanol–water partition coefficient (Wildman–Crippen LogP) is 3.25. The average Bonchev–Trinajstić information content (AvgIpc) is 2.33. The van der Waals surface area contributed by atoms with Crippen LogP contribution in [0.4, 0.5) is 0 Å². The fourth-order valence-electron chi connectivity index (χ4n) is 1.59. The van der Waals surface area contributed by atoms with E-state index in [1.807, 2.05) is 26.0 Å². The first-order chi connectivity index (χ1) is 8.54. The molecule has 0 bridgehead atoms. The second kappa shape index (κ2) is 7.27. The normalized spacial score (nSPS) is 10.2. The van der Waals surface area contributed by atoms with Crippen LogP contribution < -0.4 is 10.1 Å². The zero-order chi connectivity index (χ0) is 13.5. The number of unbranched alkanes of at least 4 members (excludes halogenated alkanes) is 1. The molecule has 0 aliphatic rings. The smallest absolute Gasteiger partial charge is 0.257 e. The minimum Gasteiger partial charge on any atom is -0.484 e. The maximum Gasteiger partial charge on any atom is 0.257 e. The van der Waals surface area contributed by atoms with Crippen molar-refractivity contribution < 1.29 is 9.53 Å². The van der Waals surface area contributed by atoms with Crippen molar-refractivity contribution in [2.45, 2.75) is 33.6 Å². The van der Waals surface area contributed by atoms with Crippen molar-refractivity contribution in [2.75, 3.05) is 13.2 Å². The fourth-order valence-corrected chi connectivity index (χ4v) is 1.70. The molecule has 1 aromatic rings. The molecule has 0 heterocycles. The summed E-state index contributed by atoms with van der Waals surface area (Å²) >= 11 is 6.06. The van der Waals surface area contributed by atoms with Crippen LogP contribution in [-0.4, -0.2) is 19.1 Å². The van der Waals surface area contributed by atoms with E-state index in [4.69, 9.17) is 16.3 Å². The first kappa shape index (κ1) is 14.8. The van der Waals surface area contributed by atoms with Crippen molar-refractivity contribution >= 4 is 17.5 Å². The minimum absolute atomic E-state index is 0.0459. The van der Waals surface area contributed by atoms with Crippen LogP contribution in [-0.2, 0) is 4.79 Å². The van der Waals surface area contributed by atoms with Gasteiger partial charge in [0.1, 0.15) is 5.75 Å². The van der Waals surface area contributed by atoms with Gasteiger partial charge in [0, 0.05) is 11.6 Å². The van der Waals surface area contributed by atoms with Crippen LogP contribution in [0.5, 0.6) is 5.75 Å². The van der Waals surface area contributed by atoms with E-state index >= 15 is 0 Å². The summed E-state index contributed by atoms with van der Waals surface area (Å²) in [5.74, 6) is 0.591. The lowest BCUT2D eigenvalue weighted by atomic mass is 10.1. The number of ether oxygens (including phenoxy) is 1. The van der Waals surface area contributed by atoms with Gasteiger partial charge in [-0.1, -0.05) is 24.9 Å². The minimum atomic E-state index is -0.0892. The number of carbonyl (C=O) groups excluding carboxylic acids is 1. The molecule has 1 amide bonds. The number of halogens is 1. The van der Waals surface area contributed by atoms with E-state index in [0.717, 1.165) is 29.0 Å². The van der Waals surface area contributed by atoms with Crippen molar-refractivity contribution in [2.24, 2.45) is 0 Å². The van der Waals surface area contributed by atoms with Crippen molar-refractivity contribution in [3.8, 4) is 5.75 Å². The summed E-state index contributed by atoms with van der Waals surface area (Å²) < 4.78 is 5.44. The van der Waals surface area contributed by atoms with E-state index < -0.39 is 0 Å². The number of carbonyl (C=O) groups is 1. The van der Waals surface area contributed by atoms with Crippen molar-refractivity contribution in [1.29, 1.82) is 0 Å². The van der Waals surface area contributed by atoms with E-state index in [-0.39, 0.29) is 12.5 Å². The molecule has 0 aromatic heterocycles. The van der Waals surface area contributed by atoms with Gasteiger partial charge in [0.2, 0.25) is 0 Å². The van der Waals surface area contributed by atoms with Gasteiger partial charge in [-0.05, 0) is 43.5 Å². The molecule has 1 rings (SSSR count). The molecular weight excluding hydrogens is 250 g/mol. The maximum absolute atomic E-state index is 11.5. The molecule has 0 saturated carbocycles. The van der Waals surface area contributed by atoms with Crippen LogP contribution >= 0.6 is 11.6 Å². The molecule has 0 radical (unpaired) electrons. The second-order valence-electron chi connectivity index (χ2n) is 4.36. The van der Waals surface area contributed by atoms with E-state index in [2.05, 4.69) is 12.2 Å². The van der Waals surface area contributed by atoms with E-state index in [9.17, 15) is 4.79 Å². The standard InChI is InChI=1S/C14H20ClNO2/c1-4-5-6-16-13(17)9-18-12-7-10(2)14(15)11(3)8-12/h7-8H,4-6,9H2,1-3H3,(H,16,17). The Balaban J connectivity index is 2.46. The molecule has 100 valence electrons. The van der Waals surface area contributed by atoms with Crippen LogP contribution in [0.3, 0.4) is 0 Å². The molecule has 0 fully saturated rings. The summed E-state index contributed by atoms with van der Waals surface area (Å²) in [6.07, 6.45) is 2.06. The Labute approximate surface area is 113 Å². The number of benzene rings is 1. The highest BCUT2D eigenvalue weighted by atomic mass is 35.5. The lowest BCUT2D eigenvalue weighted by Crippen LogP contribution is -2.29. The number of nitrogens with one attached hydrogen (secondary N) is 1. The van der Waals surface area contributed by atoms with Crippen LogP contribution in [0.2, 0.25) is 5.02 Å². The molecule has 0 saturated heterocycles. The molecule has 0 aliphatic heterocycles. The average molecular weight is 270 g/mol. The SMILES string of the molecule is CCCCNC(=O)COc1cc(C)c(Cl)c(C)c1. The van der Waals surface area contributed by atoms with E-state index in [1.54, 1.807) is 0 Å². The lowest BCUT2D eigenvalue weighted by molar-refractivity contribution is -0.123. The third-order valence-electron chi connectivity index (χ3n) is 2.63. The number of hydrogen-bond donors (Lipinski definition) is 1. The topological polar surface area (TPSA) is 38.3 Å². The van der Waals surface area contributed by atoms with Gasteiger partial charge in [-0.2, -0.15) is 0 Å². The summed E-state index contributed by atoms with van der Waals surface area (Å²) in [5.41, 5.74) is 1.91. The van der Waals surface area contributed by atoms with E-state index in [1.165, 1.54) is 0 Å². The number of rotatable bonds is 6. The maximum atomic E-state index is 11.5. The Bertz CT molecular complexity index is 395. The summed E-state index contributed by atoms with van der Waals surface area (Å²) in [6.45, 7) is 6.68. The molecule has 0 atom stereocenters. The van der Waals surface area contributed by atoms with Crippen LogP contribution in [0.1, 0.15) is 30.9 Å². The Morgan fingerprint density at radius 3 is 2.50 bits per heavy atom. The fraction of sp³-hybridized carbons (Fsp3) is 0.500. The van der Waals surface area contributed by atoms with Crippen molar-refractivity contribution in [3.63, 3.8) is 0 Å². The van der Waals surface area contributed by atoms with Gasteiger partial charge >= 0.3 is 0 Å². The number of amides is 1. The second-order valence-corrected chi connectivity index (χ2v) is 4.74. The van der Waals surface area contributed by atoms with Gasteiger partial charge < -0.3 is 10.1 Å². The highest BCUT2D eigenvalue weighted by molar-refractivity contribution is 6.32. The van der Waals surface area contributed by atoms with Crippen LogP contribution in [0.25, 0.3) is 0 Å². The van der Waals surface area contributed by atoms with E-state index in [0.29, 0.717) is 12.3 Å². The van der Waals surface area contributed by atoms with Gasteiger partial charge in [0.05, 0.1) is 0 Å². The first-order valence-corrected chi connectivity index (χ1v) is 6.58. The molecule has 0 unspecified atom stereocenters. The Morgan fingerprint density at radius 2 is 1.94 bits per heavy atom. The van der Waals surface area contributed by atoms with Crippen molar-refractivity contribution in [1.82, 2.24) is 5.32 Å². The monoisotopic (exact) mass is 269 g/mol. The van der Waals surface area contributed by atoms with Crippen molar-refractivity contribution in [3.05, 3.63) is 28.3 Å². The Hall–Kier alpha value is -1.22. The molecule has 1 aromatic carbocycles. The predicted molar refractivity (Wildman–Crippen MR) is 74.3 cm³/mol. The summed E-state index contributed by atoms with van der Waals surface area (Å²) in [4.78, 5) is 11.5. The first-order valence-electron chi connectivity index (χ1n) is 6.20. The zero-order valence-corrected chi connectivity index (χ0v) is 11.9. The molecule has 1 N–H and O–H groups in total. The largest absolute Gasteiger partial charge is 0.484 e. The summed E-state index contributed by atoms with van der Waals surface area (Å²) in [7, 11) is 0. The molecular formula is C14H20ClNO2. The third kappa shape index (κ3) is 4.57. The molecule has 3 nitrogen and oxygen atoms in total. The molecule has 18 heavy (non-hydrogen) atoms. The zero-order valence-electron chi connectivity index (χ0n) is 11.2. The van der Waals surface area contributed by atoms with Gasteiger partial charge in [0.25, 0.3) is 5.91 Å². The highest BCUT2D eigenvalue weighted by Crippen LogP contribution is 2.25. The third-order valence-corrected chi connectivity index (χ3v) is 3.23. The van der Waals surface area contributed by atoms with Gasteiger partial charge in [0.15, 0.2) is 6.61 Å². The molecule has 4 heteroatoms. The summed E-state index contributed by atoms with van der Waals surface area (Å²) in [6, 6.07) is 3.68. The molecule has 0 aliphatic carbocycles. The Morgan fingerprint density at radius 1 is 1.33 bits per heavy atom. The Kier molecular flexibility index (Phi) is 5.99. The quantitative estimate of drug-likeness (QED) is 0.805.